The van der Waals surface area contributed by atoms with Crippen LogP contribution in [0.4, 0.5) is 5.69 Å². The molecule has 1 aromatic carbocycles. The van der Waals surface area contributed by atoms with E-state index >= 15 is 0 Å². The number of nitro benzene ring substituents is 1. The van der Waals surface area contributed by atoms with Crippen molar-refractivity contribution in [3.8, 4) is 0 Å². The molecule has 1 atom stereocenters. The first-order valence-electron chi connectivity index (χ1n) is 6.42. The van der Waals surface area contributed by atoms with E-state index in [1.54, 1.807) is 13.8 Å². The van der Waals surface area contributed by atoms with Crippen LogP contribution in [0, 0.1) is 17.0 Å². The molecule has 0 bridgehead atoms. The standard InChI is InChI=1S/C12H16BrN3O4S/c1-8-7-14-3-4-15(8)21(19,20)10-5-11(13)9(2)12(6-10)16(17)18/h5-6,8,14H,3-4,7H2,1-2H3. The van der Waals surface area contributed by atoms with E-state index in [0.717, 1.165) is 6.07 Å². The maximum Gasteiger partial charge on any atom is 0.274 e. The van der Waals surface area contributed by atoms with Gasteiger partial charge in [0.25, 0.3) is 5.69 Å². The molecule has 0 aromatic heterocycles. The molecule has 0 spiro atoms. The first-order chi connectivity index (χ1) is 9.75. The molecule has 1 fully saturated rings. The minimum Gasteiger partial charge on any atom is -0.314 e. The van der Waals surface area contributed by atoms with E-state index in [1.165, 1.54) is 10.4 Å². The second kappa shape index (κ2) is 5.99. The summed E-state index contributed by atoms with van der Waals surface area (Å²) in [6.07, 6.45) is 0. The molecule has 0 amide bonds. The van der Waals surface area contributed by atoms with Gasteiger partial charge in [-0.15, -0.1) is 0 Å². The molecule has 2 rings (SSSR count). The number of halogens is 1. The van der Waals surface area contributed by atoms with E-state index in [0.29, 0.717) is 29.7 Å². The van der Waals surface area contributed by atoms with Crippen molar-refractivity contribution in [1.29, 1.82) is 0 Å². The quantitative estimate of drug-likeness (QED) is 0.638. The van der Waals surface area contributed by atoms with Gasteiger partial charge in [-0.25, -0.2) is 8.42 Å². The minimum atomic E-state index is -3.75. The Bertz CT molecular complexity index is 677. The highest BCUT2D eigenvalue weighted by Gasteiger charge is 2.32. The zero-order valence-electron chi connectivity index (χ0n) is 11.7. The number of nitrogens with one attached hydrogen (secondary N) is 1. The highest BCUT2D eigenvalue weighted by atomic mass is 79.9. The van der Waals surface area contributed by atoms with Crippen LogP contribution in [0.1, 0.15) is 12.5 Å². The van der Waals surface area contributed by atoms with Crippen LogP contribution in [-0.4, -0.2) is 43.3 Å². The molecule has 116 valence electrons. The number of benzene rings is 1. The van der Waals surface area contributed by atoms with Crippen LogP contribution in [0.15, 0.2) is 21.5 Å². The summed E-state index contributed by atoms with van der Waals surface area (Å²) in [5.41, 5.74) is 0.207. The number of piperazine rings is 1. The van der Waals surface area contributed by atoms with Crippen molar-refractivity contribution < 1.29 is 13.3 Å². The van der Waals surface area contributed by atoms with Crippen LogP contribution in [-0.2, 0) is 10.0 Å². The summed E-state index contributed by atoms with van der Waals surface area (Å²) in [6, 6.07) is 2.36. The van der Waals surface area contributed by atoms with E-state index in [2.05, 4.69) is 21.2 Å². The second-order valence-corrected chi connectivity index (χ2v) is 7.72. The number of hydrogen-bond acceptors (Lipinski definition) is 5. The van der Waals surface area contributed by atoms with Crippen molar-refractivity contribution in [3.05, 3.63) is 32.3 Å². The van der Waals surface area contributed by atoms with Crippen LogP contribution in [0.2, 0.25) is 0 Å². The monoisotopic (exact) mass is 377 g/mol. The summed E-state index contributed by atoms with van der Waals surface area (Å²) in [6.45, 7) is 4.86. The van der Waals surface area contributed by atoms with E-state index in [-0.39, 0.29) is 16.6 Å². The highest BCUT2D eigenvalue weighted by Crippen LogP contribution is 2.31. The molecular weight excluding hydrogens is 362 g/mol. The van der Waals surface area contributed by atoms with Crippen molar-refractivity contribution >= 4 is 31.6 Å². The van der Waals surface area contributed by atoms with Gasteiger partial charge in [-0.05, 0) is 19.9 Å². The third kappa shape index (κ3) is 3.10. The molecule has 0 radical (unpaired) electrons. The van der Waals surface area contributed by atoms with Crippen molar-refractivity contribution in [3.63, 3.8) is 0 Å². The Labute approximate surface area is 131 Å². The van der Waals surface area contributed by atoms with Crippen LogP contribution < -0.4 is 5.32 Å². The normalized spacial score (nSPS) is 20.4. The predicted octanol–water partition coefficient (Wildman–Crippen LogP) is 1.65. The average molecular weight is 378 g/mol. The van der Waals surface area contributed by atoms with Crippen LogP contribution in [0.25, 0.3) is 0 Å². The van der Waals surface area contributed by atoms with E-state index in [1.807, 2.05) is 0 Å². The Morgan fingerprint density at radius 1 is 1.48 bits per heavy atom. The van der Waals surface area contributed by atoms with Gasteiger partial charge in [0, 0.05) is 41.8 Å². The summed E-state index contributed by atoms with van der Waals surface area (Å²) in [5, 5.41) is 14.2. The SMILES string of the molecule is Cc1c(Br)cc(S(=O)(=O)N2CCNCC2C)cc1[N+](=O)[O-]. The van der Waals surface area contributed by atoms with Crippen molar-refractivity contribution in [2.75, 3.05) is 19.6 Å². The first kappa shape index (κ1) is 16.3. The third-order valence-electron chi connectivity index (χ3n) is 3.53. The lowest BCUT2D eigenvalue weighted by atomic mass is 10.2. The molecule has 1 unspecified atom stereocenters. The Hall–Kier alpha value is -1.03. The van der Waals surface area contributed by atoms with Crippen molar-refractivity contribution in [2.45, 2.75) is 24.8 Å². The summed E-state index contributed by atoms with van der Waals surface area (Å²) >= 11 is 3.20. The Balaban J connectivity index is 2.52. The molecule has 1 N–H and O–H groups in total. The summed E-state index contributed by atoms with van der Waals surface area (Å²) in [5.74, 6) is 0. The number of nitro groups is 1. The lowest BCUT2D eigenvalue weighted by Gasteiger charge is -2.32. The molecule has 1 saturated heterocycles. The number of nitrogens with zero attached hydrogens (tertiary/aromatic N) is 2. The lowest BCUT2D eigenvalue weighted by Crippen LogP contribution is -2.52. The van der Waals surface area contributed by atoms with E-state index in [4.69, 9.17) is 0 Å². The van der Waals surface area contributed by atoms with Gasteiger partial charge in [-0.3, -0.25) is 10.1 Å². The van der Waals surface area contributed by atoms with Gasteiger partial charge in [0.15, 0.2) is 0 Å². The fraction of sp³-hybridized carbons (Fsp3) is 0.500. The van der Waals surface area contributed by atoms with Gasteiger partial charge >= 0.3 is 0 Å². The fourth-order valence-corrected chi connectivity index (χ4v) is 4.57. The molecule has 0 aliphatic carbocycles. The number of hydrogen-bond donors (Lipinski definition) is 1. The molecule has 1 aromatic rings. The zero-order valence-corrected chi connectivity index (χ0v) is 14.1. The van der Waals surface area contributed by atoms with Crippen LogP contribution in [0.5, 0.6) is 0 Å². The van der Waals surface area contributed by atoms with Crippen molar-refractivity contribution in [1.82, 2.24) is 9.62 Å². The van der Waals surface area contributed by atoms with Gasteiger partial charge in [0.2, 0.25) is 10.0 Å². The predicted molar refractivity (Wildman–Crippen MR) is 81.8 cm³/mol. The third-order valence-corrected chi connectivity index (χ3v) is 6.35. The van der Waals surface area contributed by atoms with Gasteiger partial charge in [-0.2, -0.15) is 4.31 Å². The maximum absolute atomic E-state index is 12.7. The Kier molecular flexibility index (Phi) is 4.66. The lowest BCUT2D eigenvalue weighted by molar-refractivity contribution is -0.385. The smallest absolute Gasteiger partial charge is 0.274 e. The largest absolute Gasteiger partial charge is 0.314 e. The highest BCUT2D eigenvalue weighted by molar-refractivity contribution is 9.10. The van der Waals surface area contributed by atoms with E-state index in [9.17, 15) is 18.5 Å². The van der Waals surface area contributed by atoms with Crippen LogP contribution >= 0.6 is 15.9 Å². The molecule has 1 aliphatic heterocycles. The first-order valence-corrected chi connectivity index (χ1v) is 8.65. The van der Waals surface area contributed by atoms with Gasteiger partial charge < -0.3 is 5.32 Å². The second-order valence-electron chi connectivity index (χ2n) is 4.98. The molecule has 7 nitrogen and oxygen atoms in total. The fourth-order valence-electron chi connectivity index (χ4n) is 2.29. The van der Waals surface area contributed by atoms with E-state index < -0.39 is 14.9 Å². The summed E-state index contributed by atoms with van der Waals surface area (Å²) in [7, 11) is -3.75. The maximum atomic E-state index is 12.7. The average Bonchev–Trinajstić information content (AvgIpc) is 2.41. The molecule has 9 heteroatoms. The van der Waals surface area contributed by atoms with Gasteiger partial charge in [0.1, 0.15) is 0 Å². The molecular formula is C12H16BrN3O4S. The number of sulfonamides is 1. The van der Waals surface area contributed by atoms with Crippen LogP contribution in [0.3, 0.4) is 0 Å². The van der Waals surface area contributed by atoms with Gasteiger partial charge in [0.05, 0.1) is 9.82 Å². The summed E-state index contributed by atoms with van der Waals surface area (Å²) < 4.78 is 27.2. The number of rotatable bonds is 3. The topological polar surface area (TPSA) is 92.6 Å². The molecule has 21 heavy (non-hydrogen) atoms. The zero-order chi connectivity index (χ0) is 15.8. The Morgan fingerprint density at radius 3 is 2.71 bits per heavy atom. The molecule has 0 saturated carbocycles. The molecule has 1 aliphatic rings. The van der Waals surface area contributed by atoms with Crippen molar-refractivity contribution in [2.24, 2.45) is 0 Å². The van der Waals surface area contributed by atoms with Gasteiger partial charge in [-0.1, -0.05) is 15.9 Å². The minimum absolute atomic E-state index is 0.0552. The summed E-state index contributed by atoms with van der Waals surface area (Å²) in [4.78, 5) is 10.4. The Morgan fingerprint density at radius 2 is 2.14 bits per heavy atom. The molecule has 1 heterocycles.